The Morgan fingerprint density at radius 3 is 2.23 bits per heavy atom. The minimum atomic E-state index is -3.89. The normalized spacial score (nSPS) is 21.6. The molecule has 0 radical (unpaired) electrons. The number of hydrogen-bond acceptors (Lipinski definition) is 7. The summed E-state index contributed by atoms with van der Waals surface area (Å²) in [5.74, 6) is 0.814. The van der Waals surface area contributed by atoms with E-state index in [2.05, 4.69) is 44.7 Å². The Bertz CT molecular complexity index is 1160. The topological polar surface area (TPSA) is 108 Å². The van der Waals surface area contributed by atoms with Gasteiger partial charge in [0.25, 0.3) is 10.0 Å². The van der Waals surface area contributed by atoms with Crippen molar-refractivity contribution < 1.29 is 8.42 Å². The van der Waals surface area contributed by atoms with Crippen LogP contribution < -0.4 is 20.9 Å². The van der Waals surface area contributed by atoms with Crippen molar-refractivity contribution in [2.45, 2.75) is 30.8 Å². The molecule has 0 bridgehead atoms. The Morgan fingerprint density at radius 2 is 1.60 bits per heavy atom. The Kier molecular flexibility index (Phi) is 5.79. The van der Waals surface area contributed by atoms with E-state index >= 15 is 0 Å². The van der Waals surface area contributed by atoms with Crippen LogP contribution in [-0.2, 0) is 10.0 Å². The molecule has 0 amide bonds. The first-order chi connectivity index (χ1) is 14.3. The van der Waals surface area contributed by atoms with Gasteiger partial charge in [-0.15, -0.1) is 0 Å². The van der Waals surface area contributed by atoms with Crippen LogP contribution in [0.4, 0.5) is 11.6 Å². The minimum absolute atomic E-state index is 0.0577. The van der Waals surface area contributed by atoms with Gasteiger partial charge in [-0.2, -0.15) is 0 Å². The van der Waals surface area contributed by atoms with E-state index in [1.165, 1.54) is 12.1 Å². The van der Waals surface area contributed by atoms with E-state index < -0.39 is 10.0 Å². The molecular formula is C20H23ClN6O2S. The van der Waals surface area contributed by atoms with Gasteiger partial charge in [-0.25, -0.2) is 18.4 Å². The Balaban J connectivity index is 1.67. The largest absolute Gasteiger partial charge is 0.367 e. The van der Waals surface area contributed by atoms with E-state index in [0.717, 1.165) is 0 Å². The lowest BCUT2D eigenvalue weighted by Crippen LogP contribution is -2.30. The Morgan fingerprint density at radius 1 is 0.967 bits per heavy atom. The maximum atomic E-state index is 12.9. The molecule has 0 saturated carbocycles. The smallest absolute Gasteiger partial charge is 0.263 e. The molecule has 2 atom stereocenters. The maximum absolute atomic E-state index is 12.9. The third kappa shape index (κ3) is 4.34. The van der Waals surface area contributed by atoms with Crippen LogP contribution in [0.5, 0.6) is 0 Å². The van der Waals surface area contributed by atoms with Crippen LogP contribution in [0.15, 0.2) is 53.4 Å². The highest BCUT2D eigenvalue weighted by atomic mass is 35.5. The van der Waals surface area contributed by atoms with Crippen molar-refractivity contribution in [1.82, 2.24) is 20.8 Å². The number of para-hydroxylation sites is 2. The van der Waals surface area contributed by atoms with Crippen molar-refractivity contribution in [2.24, 2.45) is 5.92 Å². The summed E-state index contributed by atoms with van der Waals surface area (Å²) < 4.78 is 28.4. The van der Waals surface area contributed by atoms with Gasteiger partial charge in [-0.05, 0) is 44.2 Å². The van der Waals surface area contributed by atoms with Crippen LogP contribution in [0.2, 0.25) is 5.02 Å². The van der Waals surface area contributed by atoms with Gasteiger partial charge < -0.3 is 5.32 Å². The van der Waals surface area contributed by atoms with Crippen molar-refractivity contribution in [1.29, 1.82) is 0 Å². The molecular weight excluding hydrogens is 424 g/mol. The van der Waals surface area contributed by atoms with Gasteiger partial charge in [-0.3, -0.25) is 15.6 Å². The molecule has 4 N–H and O–H groups in total. The summed E-state index contributed by atoms with van der Waals surface area (Å²) in [6.45, 7) is 4.79. The Hall–Kier alpha value is -2.46. The first-order valence-corrected chi connectivity index (χ1v) is 11.5. The number of nitrogens with one attached hydrogen (secondary N) is 4. The van der Waals surface area contributed by atoms with E-state index in [1.807, 2.05) is 18.2 Å². The van der Waals surface area contributed by atoms with Gasteiger partial charge in [0.2, 0.25) is 0 Å². The molecule has 30 heavy (non-hydrogen) atoms. The van der Waals surface area contributed by atoms with Crippen LogP contribution in [-0.4, -0.2) is 37.0 Å². The van der Waals surface area contributed by atoms with E-state index in [4.69, 9.17) is 11.6 Å². The highest BCUT2D eigenvalue weighted by Crippen LogP contribution is 2.26. The molecule has 1 aliphatic heterocycles. The predicted molar refractivity (Wildman–Crippen MR) is 119 cm³/mol. The van der Waals surface area contributed by atoms with Gasteiger partial charge in [0.15, 0.2) is 11.6 Å². The van der Waals surface area contributed by atoms with Crippen LogP contribution in [0.25, 0.3) is 11.0 Å². The number of fused-ring (bicyclic) bond motifs is 1. The molecule has 1 fully saturated rings. The Labute approximate surface area is 180 Å². The second kappa shape index (κ2) is 8.35. The number of nitrogens with zero attached hydrogens (tertiary/aromatic N) is 2. The second-order valence-electron chi connectivity index (χ2n) is 7.38. The third-order valence-electron chi connectivity index (χ3n) is 5.24. The number of halogens is 1. The number of aromatic nitrogens is 2. The van der Waals surface area contributed by atoms with E-state index in [9.17, 15) is 8.42 Å². The second-order valence-corrected chi connectivity index (χ2v) is 9.50. The van der Waals surface area contributed by atoms with Crippen molar-refractivity contribution in [3.8, 4) is 0 Å². The number of rotatable bonds is 6. The predicted octanol–water partition coefficient (Wildman–Crippen LogP) is 3.00. The zero-order valence-corrected chi connectivity index (χ0v) is 18.1. The minimum Gasteiger partial charge on any atom is -0.367 e. The monoisotopic (exact) mass is 446 g/mol. The number of sulfonamides is 1. The number of anilines is 2. The highest BCUT2D eigenvalue weighted by Gasteiger charge is 2.30. The molecule has 1 aliphatic rings. The third-order valence-corrected chi connectivity index (χ3v) is 6.81. The molecule has 3 aromatic rings. The van der Waals surface area contributed by atoms with E-state index in [1.54, 1.807) is 18.2 Å². The van der Waals surface area contributed by atoms with Crippen LogP contribution >= 0.6 is 11.6 Å². The molecule has 158 valence electrons. The molecule has 2 heterocycles. The molecule has 2 aromatic carbocycles. The SMILES string of the molecule is CC1NNC(C)C1CNc1nc2ccccc2nc1NS(=O)(=O)c1cccc(Cl)c1. The summed E-state index contributed by atoms with van der Waals surface area (Å²) in [7, 11) is -3.89. The molecule has 10 heteroatoms. The molecule has 1 aromatic heterocycles. The average molecular weight is 447 g/mol. The summed E-state index contributed by atoms with van der Waals surface area (Å²) in [5.41, 5.74) is 7.70. The number of hydrazine groups is 1. The van der Waals surface area contributed by atoms with Crippen molar-refractivity contribution in [3.63, 3.8) is 0 Å². The average Bonchev–Trinajstić information content (AvgIpc) is 3.03. The fourth-order valence-corrected chi connectivity index (χ4v) is 4.80. The van der Waals surface area contributed by atoms with Gasteiger partial charge in [-0.1, -0.05) is 29.8 Å². The lowest BCUT2D eigenvalue weighted by Gasteiger charge is -2.20. The zero-order valence-electron chi connectivity index (χ0n) is 16.6. The van der Waals surface area contributed by atoms with Gasteiger partial charge in [0, 0.05) is 29.6 Å². The van der Waals surface area contributed by atoms with Crippen LogP contribution in [0.3, 0.4) is 0 Å². The van der Waals surface area contributed by atoms with Crippen molar-refractivity contribution in [3.05, 3.63) is 53.6 Å². The fourth-order valence-electron chi connectivity index (χ4n) is 3.49. The lowest BCUT2D eigenvalue weighted by molar-refractivity contribution is 0.466. The summed E-state index contributed by atoms with van der Waals surface area (Å²) >= 11 is 5.97. The quantitative estimate of drug-likeness (QED) is 0.461. The van der Waals surface area contributed by atoms with E-state index in [-0.39, 0.29) is 28.7 Å². The highest BCUT2D eigenvalue weighted by molar-refractivity contribution is 7.92. The standard InChI is InChI=1S/C20H23ClN6O2S/c1-12-16(13(2)26-25-12)11-22-19-20(24-18-9-4-3-8-17(18)23-19)27-30(28,29)15-7-5-6-14(21)10-15/h3-10,12-13,16,25-26H,11H2,1-2H3,(H,22,23)(H,24,27). The lowest BCUT2D eigenvalue weighted by atomic mass is 9.97. The van der Waals surface area contributed by atoms with Crippen molar-refractivity contribution >= 4 is 44.3 Å². The summed E-state index contributed by atoms with van der Waals surface area (Å²) in [5, 5.41) is 3.62. The summed E-state index contributed by atoms with van der Waals surface area (Å²) in [6, 6.07) is 13.9. The number of hydrogen-bond donors (Lipinski definition) is 4. The molecule has 0 aliphatic carbocycles. The first-order valence-electron chi connectivity index (χ1n) is 9.63. The number of benzene rings is 2. The zero-order chi connectivity index (χ0) is 21.3. The summed E-state index contributed by atoms with van der Waals surface area (Å²) in [4.78, 5) is 9.18. The van der Waals surface area contributed by atoms with Gasteiger partial charge in [0.1, 0.15) is 0 Å². The summed E-state index contributed by atoms with van der Waals surface area (Å²) in [6.07, 6.45) is 0. The molecule has 4 rings (SSSR count). The van der Waals surface area contributed by atoms with Crippen LogP contribution in [0.1, 0.15) is 13.8 Å². The molecule has 8 nitrogen and oxygen atoms in total. The first kappa shape index (κ1) is 20.8. The maximum Gasteiger partial charge on any atom is 0.263 e. The molecule has 1 saturated heterocycles. The fraction of sp³-hybridized carbons (Fsp3) is 0.300. The molecule has 0 spiro atoms. The van der Waals surface area contributed by atoms with Crippen LogP contribution in [0, 0.1) is 5.92 Å². The van der Waals surface area contributed by atoms with Crippen molar-refractivity contribution in [2.75, 3.05) is 16.6 Å². The van der Waals surface area contributed by atoms with E-state index in [0.29, 0.717) is 28.4 Å². The van der Waals surface area contributed by atoms with Gasteiger partial charge in [0.05, 0.1) is 15.9 Å². The molecule has 2 unspecified atom stereocenters. The van der Waals surface area contributed by atoms with Gasteiger partial charge >= 0.3 is 0 Å².